The summed E-state index contributed by atoms with van der Waals surface area (Å²) in [5.41, 5.74) is -11.4. The number of allylic oxidation sites excluding steroid dienone is 11. The summed E-state index contributed by atoms with van der Waals surface area (Å²) in [4.78, 5) is 188. The normalized spacial score (nSPS) is 10.5. The van der Waals surface area contributed by atoms with Crippen molar-refractivity contribution in [2.24, 2.45) is 0 Å². The van der Waals surface area contributed by atoms with E-state index in [4.69, 9.17) is 0 Å². The highest BCUT2D eigenvalue weighted by Crippen LogP contribution is 2.06. The molecule has 5 aromatic heterocycles. The van der Waals surface area contributed by atoms with E-state index in [1.165, 1.54) is 66.8 Å². The van der Waals surface area contributed by atoms with Gasteiger partial charge < -0.3 is 0 Å². The van der Waals surface area contributed by atoms with Crippen LogP contribution in [0.3, 0.4) is 0 Å². The lowest BCUT2D eigenvalue weighted by Gasteiger charge is -2.15. The molecule has 6 aromatic rings. The molecule has 0 unspecified atom stereocenters. The van der Waals surface area contributed by atoms with Crippen LogP contribution in [-0.4, -0.2) is 68.5 Å². The van der Waals surface area contributed by atoms with Crippen molar-refractivity contribution in [2.75, 3.05) is 0 Å². The van der Waals surface area contributed by atoms with Crippen LogP contribution in [0.1, 0.15) is 11.1 Å². The Morgan fingerprint density at radius 3 is 0.437 bits per heavy atom. The molecule has 5 heterocycles. The second-order valence-corrected chi connectivity index (χ2v) is 18.1. The van der Waals surface area contributed by atoms with E-state index in [9.17, 15) is 71.9 Å². The minimum atomic E-state index is -1.04. The van der Waals surface area contributed by atoms with Gasteiger partial charge in [0.25, 0.3) is 0 Å². The Balaban J connectivity index is 0.000000297. The van der Waals surface area contributed by atoms with Crippen LogP contribution >= 0.6 is 0 Å². The molecule has 0 N–H and O–H groups in total. The molecule has 0 aliphatic rings. The zero-order chi connectivity index (χ0) is 65.0. The smallest absolute Gasteiger partial charge is 0.247 e. The van der Waals surface area contributed by atoms with Gasteiger partial charge in [0.2, 0.25) is 0 Å². The highest BCUT2D eigenvalue weighted by atomic mass is 16.2. The van der Waals surface area contributed by atoms with Crippen molar-refractivity contribution in [3.63, 3.8) is 0 Å². The third-order valence-corrected chi connectivity index (χ3v) is 12.3. The number of nitrogens with zero attached hydrogens (tertiary/aromatic N) is 15. The molecule has 87 heavy (non-hydrogen) atoms. The van der Waals surface area contributed by atoms with Gasteiger partial charge in [-0.25, -0.2) is 140 Å². The van der Waals surface area contributed by atoms with Gasteiger partial charge >= 0.3 is 85.3 Å². The fraction of sp³-hybridized carbons (Fsp3) is 0.246. The Labute approximate surface area is 490 Å². The molecule has 30 nitrogen and oxygen atoms in total. The number of benzene rings is 1. The Kier molecular flexibility index (Phi) is 24.3. The standard InChI is InChI=1S/C26H28N6O6.C19H22N6O6.C12H15N3O3/c1-5-13-27-21(33)28(14-6-2)24(36)31(23(27)35)17-19-9-11-20(12-10-19)18-32-25(37)29(15-7-3)22(34)30(16-8-4)26(32)38;1-5-9-20-14(26)21(10-6-2)17(29)24(16(20)28)13-25-18(30)22(11-7-3)15(27)23(12-8-4)19(25)31;1-4-7-13-10(16)14(8-5-2)12(18)15(9-6-3)11(13)17/h5-12H,1-4,13-18H2;5-8H,1-4,9-13H2;4-6H,1-3,7-9H2. The summed E-state index contributed by atoms with van der Waals surface area (Å²) in [6, 6.07) is 6.54. The molecule has 0 spiro atoms. The zero-order valence-corrected chi connectivity index (χ0v) is 47.7. The van der Waals surface area contributed by atoms with Crippen LogP contribution in [0.2, 0.25) is 0 Å². The van der Waals surface area contributed by atoms with Crippen molar-refractivity contribution in [3.8, 4) is 0 Å². The second kappa shape index (κ2) is 31.2. The molecule has 0 atom stereocenters. The van der Waals surface area contributed by atoms with E-state index in [1.54, 1.807) is 24.3 Å². The van der Waals surface area contributed by atoms with Gasteiger partial charge in [0.05, 0.1) is 85.1 Å². The maximum atomic E-state index is 12.9. The largest absolute Gasteiger partial charge is 0.338 e. The Morgan fingerprint density at radius 2 is 0.310 bits per heavy atom. The van der Waals surface area contributed by atoms with Crippen molar-refractivity contribution in [3.05, 3.63) is 332 Å². The quantitative estimate of drug-likeness (QED) is 0.0446. The van der Waals surface area contributed by atoms with Gasteiger partial charge in [-0.15, -0.1) is 72.4 Å². The monoisotopic (exact) mass is 1200 g/mol. The van der Waals surface area contributed by atoms with Crippen molar-refractivity contribution in [1.29, 1.82) is 0 Å². The van der Waals surface area contributed by atoms with Crippen LogP contribution in [0.4, 0.5) is 0 Å². The first-order valence-electron chi connectivity index (χ1n) is 26.0. The SMILES string of the molecule is C=CCn1c(=O)n(CC=C)c(=O)n(CC=C)c1=O.C=CCn1c(=O)n(CC=C)c(=O)n(Cc2ccc(Cn3c(=O)n(CC=C)c(=O)n(CC=C)c3=O)cc2)c1=O.C=CCn1c(=O)n(CC=C)c(=O)n(Cn2c(=O)n(CC=C)c(=O)n(CC=C)c2=O)c1=O. The maximum Gasteiger partial charge on any atom is 0.338 e. The third-order valence-electron chi connectivity index (χ3n) is 12.3. The van der Waals surface area contributed by atoms with Crippen LogP contribution < -0.4 is 85.3 Å². The molecule has 0 aliphatic heterocycles. The van der Waals surface area contributed by atoms with Gasteiger partial charge in [0.1, 0.15) is 6.67 Å². The molecule has 6 rings (SSSR count). The average Bonchev–Trinajstić information content (AvgIpc) is 1.26. The lowest BCUT2D eigenvalue weighted by Crippen LogP contribution is -2.59. The summed E-state index contributed by atoms with van der Waals surface area (Å²) in [5.74, 6) is 0. The molecular formula is C57H65N15O15. The summed E-state index contributed by atoms with van der Waals surface area (Å²) in [5, 5.41) is 0. The van der Waals surface area contributed by atoms with Crippen molar-refractivity contribution in [2.45, 2.75) is 91.8 Å². The number of aromatic nitrogens is 15. The number of rotatable bonds is 28. The van der Waals surface area contributed by atoms with Crippen molar-refractivity contribution >= 4 is 0 Å². The van der Waals surface area contributed by atoms with E-state index in [0.29, 0.717) is 20.3 Å². The molecule has 458 valence electrons. The fourth-order valence-corrected chi connectivity index (χ4v) is 8.32. The molecule has 0 radical (unpaired) electrons. The molecule has 0 amide bonds. The first-order valence-corrected chi connectivity index (χ1v) is 26.0. The van der Waals surface area contributed by atoms with Gasteiger partial charge in [-0.2, -0.15) is 0 Å². The summed E-state index contributed by atoms with van der Waals surface area (Å²) in [6.07, 6.45) is 14.9. The topological polar surface area (TPSA) is 330 Å². The Bertz CT molecular complexity index is 4160. The van der Waals surface area contributed by atoms with Gasteiger partial charge in [0.15, 0.2) is 0 Å². The lowest BCUT2D eigenvalue weighted by molar-refractivity contribution is 0.407. The maximum absolute atomic E-state index is 12.9. The number of hydrogen-bond donors (Lipinski definition) is 0. The summed E-state index contributed by atoms with van der Waals surface area (Å²) >= 11 is 0. The van der Waals surface area contributed by atoms with Gasteiger partial charge in [0, 0.05) is 0 Å². The summed E-state index contributed by atoms with van der Waals surface area (Å²) in [7, 11) is 0. The molecule has 1 aromatic carbocycles. The van der Waals surface area contributed by atoms with Crippen LogP contribution in [0.25, 0.3) is 0 Å². The average molecular weight is 1200 g/mol. The Hall–Kier alpha value is -11.6. The lowest BCUT2D eigenvalue weighted by atomic mass is 10.1. The van der Waals surface area contributed by atoms with Gasteiger partial charge in [-0.3, -0.25) is 0 Å². The van der Waals surface area contributed by atoms with E-state index < -0.39 is 92.0 Å². The van der Waals surface area contributed by atoms with Crippen LogP contribution in [0.15, 0.2) is 235 Å². The first-order chi connectivity index (χ1) is 41.5. The highest BCUT2D eigenvalue weighted by molar-refractivity contribution is 5.23. The Morgan fingerprint density at radius 1 is 0.195 bits per heavy atom. The second-order valence-electron chi connectivity index (χ2n) is 18.1. The van der Waals surface area contributed by atoms with E-state index in [-0.39, 0.29) is 85.1 Å². The molecule has 0 saturated carbocycles. The van der Waals surface area contributed by atoms with Crippen molar-refractivity contribution < 1.29 is 0 Å². The molecule has 0 aliphatic carbocycles. The molecule has 0 bridgehead atoms. The highest BCUT2D eigenvalue weighted by Gasteiger charge is 2.21. The van der Waals surface area contributed by atoms with Crippen molar-refractivity contribution in [1.82, 2.24) is 68.5 Å². The predicted molar refractivity (Wildman–Crippen MR) is 328 cm³/mol. The van der Waals surface area contributed by atoms with Gasteiger partial charge in [-0.1, -0.05) is 91.1 Å². The fourth-order valence-electron chi connectivity index (χ4n) is 8.32. The zero-order valence-electron chi connectivity index (χ0n) is 47.7. The third kappa shape index (κ3) is 14.6. The van der Waals surface area contributed by atoms with Crippen LogP contribution in [0, 0.1) is 0 Å². The molecule has 0 fully saturated rings. The minimum Gasteiger partial charge on any atom is -0.247 e. The minimum absolute atomic E-state index is 0.0478. The summed E-state index contributed by atoms with van der Waals surface area (Å²) < 4.78 is 12.4. The van der Waals surface area contributed by atoms with Crippen LogP contribution in [-0.2, 0) is 91.8 Å². The van der Waals surface area contributed by atoms with E-state index in [0.717, 1.165) is 59.4 Å². The van der Waals surface area contributed by atoms with Crippen LogP contribution in [0.5, 0.6) is 0 Å². The molecular weight excluding hydrogens is 1130 g/mol. The number of hydrogen-bond acceptors (Lipinski definition) is 15. The molecule has 30 heteroatoms. The van der Waals surface area contributed by atoms with E-state index >= 15 is 0 Å². The first kappa shape index (κ1) is 67.9. The predicted octanol–water partition coefficient (Wildman–Crippen LogP) is -2.87. The van der Waals surface area contributed by atoms with E-state index in [1.807, 2.05) is 0 Å². The van der Waals surface area contributed by atoms with Gasteiger partial charge in [-0.05, 0) is 11.1 Å². The van der Waals surface area contributed by atoms with E-state index in [2.05, 4.69) is 72.4 Å². The summed E-state index contributed by atoms with van der Waals surface area (Å²) in [6.45, 7) is 36.5. The molecule has 0 saturated heterocycles.